The molecule has 0 saturated carbocycles. The smallest absolute Gasteiger partial charge is 0.191 e. The normalized spacial score (nSPS) is 12.8. The molecule has 0 fully saturated rings. The molecular formula is C19H36IN3O2. The third-order valence-corrected chi connectivity index (χ3v) is 3.92. The molecule has 1 unspecified atom stereocenters. The standard InChI is InChI=1S/C19H35N3O2.HI/c1-4-5-10-20-19(21-11-8-18-7-6-13-24-18)22-15-17(9-12-23)14-16(2)3;/h6-7,13,16-17,23H,4-5,8-12,14-15H2,1-3H3,(H2,20,21,22);1H. The maximum absolute atomic E-state index is 9.25. The molecule has 1 heterocycles. The summed E-state index contributed by atoms with van der Waals surface area (Å²) in [5, 5.41) is 16.0. The van der Waals surface area contributed by atoms with Gasteiger partial charge in [0.1, 0.15) is 5.76 Å². The van der Waals surface area contributed by atoms with E-state index in [1.54, 1.807) is 6.26 Å². The number of unbranched alkanes of at least 4 members (excludes halogenated alkanes) is 1. The van der Waals surface area contributed by atoms with E-state index in [2.05, 4.69) is 31.4 Å². The average molecular weight is 465 g/mol. The van der Waals surface area contributed by atoms with Crippen molar-refractivity contribution in [3.05, 3.63) is 24.2 Å². The van der Waals surface area contributed by atoms with Gasteiger partial charge < -0.3 is 20.2 Å². The Morgan fingerprint density at radius 1 is 1.28 bits per heavy atom. The summed E-state index contributed by atoms with van der Waals surface area (Å²) in [6.45, 7) is 9.32. The minimum Gasteiger partial charge on any atom is -0.469 e. The second kappa shape index (κ2) is 15.5. The van der Waals surface area contributed by atoms with E-state index in [1.165, 1.54) is 0 Å². The van der Waals surface area contributed by atoms with Crippen LogP contribution in [0.2, 0.25) is 0 Å². The first-order chi connectivity index (χ1) is 11.7. The van der Waals surface area contributed by atoms with E-state index in [9.17, 15) is 5.11 Å². The van der Waals surface area contributed by atoms with E-state index in [0.29, 0.717) is 11.8 Å². The molecule has 1 atom stereocenters. The van der Waals surface area contributed by atoms with Crippen LogP contribution in [-0.2, 0) is 6.42 Å². The van der Waals surface area contributed by atoms with Crippen molar-refractivity contribution in [3.8, 4) is 0 Å². The van der Waals surface area contributed by atoms with Crippen molar-refractivity contribution in [2.24, 2.45) is 16.8 Å². The Kier molecular flexibility index (Phi) is 15.0. The molecular weight excluding hydrogens is 429 g/mol. The number of rotatable bonds is 12. The van der Waals surface area contributed by atoms with Gasteiger partial charge in [0, 0.05) is 32.7 Å². The van der Waals surface area contributed by atoms with Crippen LogP contribution in [0, 0.1) is 11.8 Å². The van der Waals surface area contributed by atoms with E-state index in [4.69, 9.17) is 9.41 Å². The molecule has 3 N–H and O–H groups in total. The zero-order valence-corrected chi connectivity index (χ0v) is 18.3. The Balaban J connectivity index is 0.00000576. The summed E-state index contributed by atoms with van der Waals surface area (Å²) in [5.41, 5.74) is 0. The zero-order valence-electron chi connectivity index (χ0n) is 16.0. The highest BCUT2D eigenvalue weighted by Gasteiger charge is 2.10. The molecule has 0 aliphatic heterocycles. The molecule has 1 aromatic rings. The fourth-order valence-electron chi connectivity index (χ4n) is 2.67. The molecule has 146 valence electrons. The first-order valence-electron chi connectivity index (χ1n) is 9.31. The lowest BCUT2D eigenvalue weighted by Gasteiger charge is -2.18. The van der Waals surface area contributed by atoms with Crippen molar-refractivity contribution in [1.82, 2.24) is 10.6 Å². The number of furan rings is 1. The number of guanidine groups is 1. The Morgan fingerprint density at radius 2 is 2.04 bits per heavy atom. The molecule has 0 aromatic carbocycles. The number of nitrogens with zero attached hydrogens (tertiary/aromatic N) is 1. The maximum Gasteiger partial charge on any atom is 0.191 e. The van der Waals surface area contributed by atoms with E-state index < -0.39 is 0 Å². The van der Waals surface area contributed by atoms with E-state index in [-0.39, 0.29) is 30.6 Å². The highest BCUT2D eigenvalue weighted by atomic mass is 127. The topological polar surface area (TPSA) is 69.8 Å². The summed E-state index contributed by atoms with van der Waals surface area (Å²) < 4.78 is 5.36. The summed E-state index contributed by atoms with van der Waals surface area (Å²) >= 11 is 0. The van der Waals surface area contributed by atoms with Crippen LogP contribution >= 0.6 is 24.0 Å². The molecule has 0 radical (unpaired) electrons. The molecule has 1 aromatic heterocycles. The van der Waals surface area contributed by atoms with Crippen molar-refractivity contribution in [3.63, 3.8) is 0 Å². The van der Waals surface area contributed by atoms with Gasteiger partial charge in [0.2, 0.25) is 0 Å². The molecule has 25 heavy (non-hydrogen) atoms. The molecule has 5 nitrogen and oxygen atoms in total. The van der Waals surface area contributed by atoms with Gasteiger partial charge in [0.15, 0.2) is 5.96 Å². The van der Waals surface area contributed by atoms with Crippen LogP contribution in [-0.4, -0.2) is 37.3 Å². The van der Waals surface area contributed by atoms with Crippen LogP contribution in [0.5, 0.6) is 0 Å². The van der Waals surface area contributed by atoms with Gasteiger partial charge in [-0.1, -0.05) is 27.2 Å². The molecule has 1 rings (SSSR count). The summed E-state index contributed by atoms with van der Waals surface area (Å²) in [7, 11) is 0. The maximum atomic E-state index is 9.25. The van der Waals surface area contributed by atoms with Gasteiger partial charge in [-0.2, -0.15) is 0 Å². The second-order valence-corrected chi connectivity index (χ2v) is 6.73. The molecule has 0 saturated heterocycles. The summed E-state index contributed by atoms with van der Waals surface area (Å²) in [5.74, 6) is 2.90. The summed E-state index contributed by atoms with van der Waals surface area (Å²) in [6.07, 6.45) is 6.75. The van der Waals surface area contributed by atoms with Crippen LogP contribution < -0.4 is 10.6 Å². The van der Waals surface area contributed by atoms with Crippen LogP contribution in [0.25, 0.3) is 0 Å². The lowest BCUT2D eigenvalue weighted by atomic mass is 9.94. The lowest BCUT2D eigenvalue weighted by molar-refractivity contribution is 0.245. The average Bonchev–Trinajstić information content (AvgIpc) is 3.05. The molecule has 0 aliphatic carbocycles. The highest BCUT2D eigenvalue weighted by Crippen LogP contribution is 2.15. The highest BCUT2D eigenvalue weighted by molar-refractivity contribution is 14.0. The lowest BCUT2D eigenvalue weighted by Crippen LogP contribution is -2.39. The van der Waals surface area contributed by atoms with E-state index in [1.807, 2.05) is 12.1 Å². The Labute approximate surface area is 170 Å². The van der Waals surface area contributed by atoms with E-state index in [0.717, 1.165) is 63.5 Å². The fourth-order valence-corrected chi connectivity index (χ4v) is 2.67. The van der Waals surface area contributed by atoms with Gasteiger partial charge in [-0.3, -0.25) is 4.99 Å². The van der Waals surface area contributed by atoms with Crippen molar-refractivity contribution in [1.29, 1.82) is 0 Å². The third-order valence-electron chi connectivity index (χ3n) is 3.92. The van der Waals surface area contributed by atoms with E-state index >= 15 is 0 Å². The Bertz CT molecular complexity index is 436. The van der Waals surface area contributed by atoms with Crippen LogP contribution in [0.15, 0.2) is 27.8 Å². The molecule has 0 spiro atoms. The third kappa shape index (κ3) is 12.3. The first kappa shape index (κ1) is 24.2. The van der Waals surface area contributed by atoms with Crippen LogP contribution in [0.4, 0.5) is 0 Å². The SMILES string of the molecule is CCCCNC(=NCC(CCO)CC(C)C)NCCc1ccco1.I. The molecule has 0 bridgehead atoms. The monoisotopic (exact) mass is 465 g/mol. The number of hydrogen-bond acceptors (Lipinski definition) is 3. The van der Waals surface area contributed by atoms with Gasteiger partial charge in [0.05, 0.1) is 6.26 Å². The van der Waals surface area contributed by atoms with Gasteiger partial charge >= 0.3 is 0 Å². The van der Waals surface area contributed by atoms with Gasteiger partial charge in [-0.15, -0.1) is 24.0 Å². The Morgan fingerprint density at radius 3 is 2.64 bits per heavy atom. The number of hydrogen-bond donors (Lipinski definition) is 3. The largest absolute Gasteiger partial charge is 0.469 e. The van der Waals surface area contributed by atoms with Crippen molar-refractivity contribution >= 4 is 29.9 Å². The quantitative estimate of drug-likeness (QED) is 0.190. The summed E-state index contributed by atoms with van der Waals surface area (Å²) in [4.78, 5) is 4.74. The molecule has 0 amide bonds. The Hall–Kier alpha value is -0.760. The predicted octanol–water partition coefficient (Wildman–Crippen LogP) is 3.82. The van der Waals surface area contributed by atoms with Crippen molar-refractivity contribution in [2.45, 2.75) is 52.9 Å². The van der Waals surface area contributed by atoms with Crippen molar-refractivity contribution in [2.75, 3.05) is 26.2 Å². The number of aliphatic hydroxyl groups excluding tert-OH is 1. The number of nitrogens with one attached hydrogen (secondary N) is 2. The first-order valence-corrected chi connectivity index (χ1v) is 9.31. The minimum atomic E-state index is 0. The van der Waals surface area contributed by atoms with Crippen LogP contribution in [0.3, 0.4) is 0 Å². The second-order valence-electron chi connectivity index (χ2n) is 6.73. The number of aliphatic imine (C=N–C) groups is 1. The summed E-state index contributed by atoms with van der Waals surface area (Å²) in [6, 6.07) is 3.90. The predicted molar refractivity (Wildman–Crippen MR) is 116 cm³/mol. The van der Waals surface area contributed by atoms with Crippen LogP contribution in [0.1, 0.15) is 52.2 Å². The van der Waals surface area contributed by atoms with Gasteiger partial charge in [0.25, 0.3) is 0 Å². The number of aliphatic hydroxyl groups is 1. The van der Waals surface area contributed by atoms with Crippen molar-refractivity contribution < 1.29 is 9.52 Å². The molecule has 6 heteroatoms. The minimum absolute atomic E-state index is 0. The zero-order chi connectivity index (χ0) is 17.6. The van der Waals surface area contributed by atoms with Gasteiger partial charge in [-0.25, -0.2) is 0 Å². The van der Waals surface area contributed by atoms with Gasteiger partial charge in [-0.05, 0) is 43.2 Å². The molecule has 0 aliphatic rings. The number of halogens is 1. The fraction of sp³-hybridized carbons (Fsp3) is 0.737.